The molecule has 1 aromatic heterocycles. The smallest absolute Gasteiger partial charge is 0.374 e. The fraction of sp³-hybridized carbons (Fsp3) is 0.143. The van der Waals surface area contributed by atoms with Gasteiger partial charge in [-0.3, -0.25) is 4.79 Å². The van der Waals surface area contributed by atoms with Crippen LogP contribution in [0.5, 0.6) is 0 Å². The number of carbonyl (C=O) groups excluding carboxylic acids is 2. The maximum atomic E-state index is 12.2. The van der Waals surface area contributed by atoms with Crippen molar-refractivity contribution in [1.82, 2.24) is 4.31 Å². The molecule has 31 heavy (non-hydrogen) atoms. The summed E-state index contributed by atoms with van der Waals surface area (Å²) in [4.78, 5) is 24.3. The van der Waals surface area contributed by atoms with E-state index in [0.717, 1.165) is 4.31 Å². The Labute approximate surface area is 184 Å². The molecule has 0 bridgehead atoms. The van der Waals surface area contributed by atoms with Gasteiger partial charge in [-0.05, 0) is 42.5 Å². The molecule has 0 aliphatic carbocycles. The molecule has 0 spiro atoms. The Morgan fingerprint density at radius 2 is 1.81 bits per heavy atom. The average Bonchev–Trinajstić information content (AvgIpc) is 3.22. The van der Waals surface area contributed by atoms with E-state index >= 15 is 0 Å². The van der Waals surface area contributed by atoms with Crippen molar-refractivity contribution in [2.45, 2.75) is 4.90 Å². The van der Waals surface area contributed by atoms with Gasteiger partial charge in [0, 0.05) is 25.3 Å². The Balaban J connectivity index is 1.61. The first-order valence-corrected chi connectivity index (χ1v) is 10.8. The Bertz CT molecular complexity index is 1220. The average molecular weight is 463 g/mol. The lowest BCUT2D eigenvalue weighted by Crippen LogP contribution is -2.23. The third-order valence-electron chi connectivity index (χ3n) is 4.18. The highest BCUT2D eigenvalue weighted by Crippen LogP contribution is 2.29. The second-order valence-electron chi connectivity index (χ2n) is 6.58. The molecule has 0 saturated heterocycles. The fourth-order valence-corrected chi connectivity index (χ4v) is 3.77. The highest BCUT2D eigenvalue weighted by atomic mass is 35.5. The Kier molecular flexibility index (Phi) is 6.79. The number of carbonyl (C=O) groups is 2. The molecule has 0 unspecified atom stereocenters. The molecule has 0 aliphatic heterocycles. The van der Waals surface area contributed by atoms with E-state index < -0.39 is 28.5 Å². The van der Waals surface area contributed by atoms with E-state index in [4.69, 9.17) is 20.8 Å². The van der Waals surface area contributed by atoms with E-state index in [1.165, 1.54) is 44.4 Å². The number of amides is 1. The predicted octanol–water partition coefficient (Wildman–Crippen LogP) is 3.65. The van der Waals surface area contributed by atoms with Crippen LogP contribution in [0.4, 0.5) is 5.69 Å². The summed E-state index contributed by atoms with van der Waals surface area (Å²) in [6, 6.07) is 15.8. The minimum absolute atomic E-state index is 0.0231. The minimum Gasteiger partial charge on any atom is -0.450 e. The number of anilines is 1. The normalized spacial score (nSPS) is 11.4. The number of nitrogens with zero attached hydrogens (tertiary/aromatic N) is 1. The molecule has 3 aromatic rings. The standard InChI is InChI=1S/C21H19ClN2O6S/c1-24(2)31(27,28)15-7-5-6-14(12-15)23-20(25)13-29-21(26)19-11-10-18(30-19)16-8-3-4-9-17(16)22/h3-12H,13H2,1-2H3,(H,23,25). The number of ether oxygens (including phenoxy) is 1. The highest BCUT2D eigenvalue weighted by molar-refractivity contribution is 7.89. The molecule has 1 N–H and O–H groups in total. The van der Waals surface area contributed by atoms with Crippen LogP contribution in [0.1, 0.15) is 10.6 Å². The highest BCUT2D eigenvalue weighted by Gasteiger charge is 2.19. The van der Waals surface area contributed by atoms with E-state index in [9.17, 15) is 18.0 Å². The summed E-state index contributed by atoms with van der Waals surface area (Å²) < 4.78 is 35.9. The molecule has 1 amide bonds. The number of furan rings is 1. The first kappa shape index (κ1) is 22.5. The van der Waals surface area contributed by atoms with Crippen LogP contribution in [0.3, 0.4) is 0 Å². The second-order valence-corrected chi connectivity index (χ2v) is 9.14. The molecule has 10 heteroatoms. The number of hydrogen-bond donors (Lipinski definition) is 1. The van der Waals surface area contributed by atoms with E-state index in [1.54, 1.807) is 30.3 Å². The van der Waals surface area contributed by atoms with Crippen LogP contribution in [-0.4, -0.2) is 45.3 Å². The number of nitrogens with one attached hydrogen (secondary N) is 1. The van der Waals surface area contributed by atoms with Crippen molar-refractivity contribution < 1.29 is 27.2 Å². The first-order chi connectivity index (χ1) is 14.7. The molecule has 0 atom stereocenters. The first-order valence-electron chi connectivity index (χ1n) is 9.03. The van der Waals surface area contributed by atoms with Crippen LogP contribution >= 0.6 is 11.6 Å². The van der Waals surface area contributed by atoms with E-state index in [0.29, 0.717) is 16.3 Å². The number of rotatable bonds is 7. The lowest BCUT2D eigenvalue weighted by atomic mass is 10.2. The van der Waals surface area contributed by atoms with Gasteiger partial charge in [0.1, 0.15) is 5.76 Å². The van der Waals surface area contributed by atoms with Crippen molar-refractivity contribution in [2.24, 2.45) is 0 Å². The minimum atomic E-state index is -3.65. The second kappa shape index (κ2) is 9.34. The van der Waals surface area contributed by atoms with Gasteiger partial charge in [0.2, 0.25) is 15.8 Å². The van der Waals surface area contributed by atoms with Crippen molar-refractivity contribution in [3.63, 3.8) is 0 Å². The summed E-state index contributed by atoms with van der Waals surface area (Å²) in [5, 5.41) is 2.96. The molecule has 0 radical (unpaired) electrons. The van der Waals surface area contributed by atoms with E-state index in [2.05, 4.69) is 5.32 Å². The number of sulfonamides is 1. The van der Waals surface area contributed by atoms with Crippen LogP contribution in [0.15, 0.2) is 70.0 Å². The summed E-state index contributed by atoms with van der Waals surface area (Å²) in [6.07, 6.45) is 0. The van der Waals surface area contributed by atoms with Crippen LogP contribution < -0.4 is 5.32 Å². The van der Waals surface area contributed by atoms with Crippen molar-refractivity contribution in [3.05, 3.63) is 71.4 Å². The van der Waals surface area contributed by atoms with Crippen molar-refractivity contribution in [1.29, 1.82) is 0 Å². The zero-order valence-corrected chi connectivity index (χ0v) is 18.2. The van der Waals surface area contributed by atoms with Gasteiger partial charge in [-0.2, -0.15) is 0 Å². The quantitative estimate of drug-likeness (QED) is 0.537. The third-order valence-corrected chi connectivity index (χ3v) is 6.32. The van der Waals surface area contributed by atoms with Crippen LogP contribution in [0.25, 0.3) is 11.3 Å². The van der Waals surface area contributed by atoms with Gasteiger partial charge in [0.25, 0.3) is 5.91 Å². The number of hydrogen-bond acceptors (Lipinski definition) is 6. The molecule has 2 aromatic carbocycles. The molecule has 0 aliphatic rings. The van der Waals surface area contributed by atoms with Gasteiger partial charge < -0.3 is 14.5 Å². The zero-order valence-electron chi connectivity index (χ0n) is 16.7. The molecular weight excluding hydrogens is 444 g/mol. The van der Waals surface area contributed by atoms with Crippen molar-refractivity contribution in [2.75, 3.05) is 26.0 Å². The Morgan fingerprint density at radius 3 is 2.52 bits per heavy atom. The summed E-state index contributed by atoms with van der Waals surface area (Å²) in [5.41, 5.74) is 0.872. The van der Waals surface area contributed by atoms with Gasteiger partial charge >= 0.3 is 5.97 Å². The number of esters is 1. The van der Waals surface area contributed by atoms with Crippen molar-refractivity contribution >= 4 is 39.2 Å². The van der Waals surface area contributed by atoms with Gasteiger partial charge in [-0.15, -0.1) is 0 Å². The van der Waals surface area contributed by atoms with Crippen LogP contribution in [0.2, 0.25) is 5.02 Å². The van der Waals surface area contributed by atoms with Gasteiger partial charge in [-0.1, -0.05) is 29.8 Å². The van der Waals surface area contributed by atoms with Crippen LogP contribution in [0, 0.1) is 0 Å². The Morgan fingerprint density at radius 1 is 1.06 bits per heavy atom. The summed E-state index contributed by atoms with van der Waals surface area (Å²) in [7, 11) is -0.829. The summed E-state index contributed by atoms with van der Waals surface area (Å²) in [5.74, 6) is -1.15. The molecule has 0 fully saturated rings. The summed E-state index contributed by atoms with van der Waals surface area (Å²) in [6.45, 7) is -0.578. The number of halogens is 1. The third kappa shape index (κ3) is 5.32. The molecule has 162 valence electrons. The van der Waals surface area contributed by atoms with Crippen LogP contribution in [-0.2, 0) is 19.6 Å². The SMILES string of the molecule is CN(C)S(=O)(=O)c1cccc(NC(=O)COC(=O)c2ccc(-c3ccccc3Cl)o2)c1. The lowest BCUT2D eigenvalue weighted by Gasteiger charge is -2.12. The molecule has 8 nitrogen and oxygen atoms in total. The predicted molar refractivity (Wildman–Crippen MR) is 115 cm³/mol. The zero-order chi connectivity index (χ0) is 22.6. The molecule has 3 rings (SSSR count). The van der Waals surface area contributed by atoms with E-state index in [1.807, 2.05) is 0 Å². The maximum Gasteiger partial charge on any atom is 0.374 e. The summed E-state index contributed by atoms with van der Waals surface area (Å²) >= 11 is 6.11. The topological polar surface area (TPSA) is 106 Å². The fourth-order valence-electron chi connectivity index (χ4n) is 2.60. The Hall–Kier alpha value is -3.14. The molecule has 0 saturated carbocycles. The molecule has 1 heterocycles. The van der Waals surface area contributed by atoms with Gasteiger partial charge in [0.15, 0.2) is 6.61 Å². The largest absolute Gasteiger partial charge is 0.450 e. The lowest BCUT2D eigenvalue weighted by molar-refractivity contribution is -0.119. The van der Waals surface area contributed by atoms with E-state index in [-0.39, 0.29) is 16.3 Å². The van der Waals surface area contributed by atoms with Gasteiger partial charge in [-0.25, -0.2) is 17.5 Å². The maximum absolute atomic E-state index is 12.2. The van der Waals surface area contributed by atoms with Crippen molar-refractivity contribution in [3.8, 4) is 11.3 Å². The number of benzene rings is 2. The van der Waals surface area contributed by atoms with Gasteiger partial charge in [0.05, 0.1) is 9.92 Å². The molecular formula is C21H19ClN2O6S. The monoisotopic (exact) mass is 462 g/mol.